The van der Waals surface area contributed by atoms with Gasteiger partial charge in [-0.15, -0.1) is 0 Å². The van der Waals surface area contributed by atoms with Crippen LogP contribution in [0.4, 0.5) is 0 Å². The van der Waals surface area contributed by atoms with Gasteiger partial charge in [-0.05, 0) is 12.8 Å². The molecule has 18 heavy (non-hydrogen) atoms. The molecule has 4 nitrogen and oxygen atoms in total. The third kappa shape index (κ3) is 6.25. The summed E-state index contributed by atoms with van der Waals surface area (Å²) in [4.78, 5) is 14.0. The van der Waals surface area contributed by atoms with Crippen LogP contribution in [0.2, 0.25) is 0 Å². The third-order valence-corrected chi connectivity index (χ3v) is 3.05. The second-order valence-corrected chi connectivity index (χ2v) is 4.39. The molecule has 4 heteroatoms. The number of hydrogen-bond acceptors (Lipinski definition) is 3. The molecule has 1 atom stereocenters. The van der Waals surface area contributed by atoms with Crippen molar-refractivity contribution in [2.75, 3.05) is 13.1 Å². The minimum atomic E-state index is 0.0438. The number of rotatable bonds is 9. The van der Waals surface area contributed by atoms with Gasteiger partial charge in [0.15, 0.2) is 0 Å². The zero-order valence-electron chi connectivity index (χ0n) is 11.5. The van der Waals surface area contributed by atoms with Gasteiger partial charge in [0, 0.05) is 19.0 Å². The first kappa shape index (κ1) is 16.4. The smallest absolute Gasteiger partial charge is 0.225 e. The van der Waals surface area contributed by atoms with Crippen LogP contribution in [0.15, 0.2) is 0 Å². The Morgan fingerprint density at radius 1 is 1.17 bits per heavy atom. The largest absolute Gasteiger partial charge is 0.340 e. The van der Waals surface area contributed by atoms with Crippen molar-refractivity contribution in [2.45, 2.75) is 52.4 Å². The number of amides is 1. The molecule has 0 heterocycles. The minimum Gasteiger partial charge on any atom is -0.340 e. The molecule has 0 spiro atoms. The topological polar surface area (TPSA) is 67.9 Å². The van der Waals surface area contributed by atoms with Crippen LogP contribution in [0.3, 0.4) is 0 Å². The second-order valence-electron chi connectivity index (χ2n) is 4.39. The Bertz CT molecular complexity index is 296. The van der Waals surface area contributed by atoms with Gasteiger partial charge in [-0.2, -0.15) is 10.5 Å². The van der Waals surface area contributed by atoms with E-state index in [1.807, 2.05) is 6.92 Å². The Balaban J connectivity index is 4.48. The van der Waals surface area contributed by atoms with Gasteiger partial charge in [0.2, 0.25) is 5.91 Å². The highest BCUT2D eigenvalue weighted by atomic mass is 16.2. The summed E-state index contributed by atoms with van der Waals surface area (Å²) in [5.41, 5.74) is 0. The third-order valence-electron chi connectivity index (χ3n) is 3.05. The van der Waals surface area contributed by atoms with Crippen LogP contribution in [0.1, 0.15) is 52.4 Å². The lowest BCUT2D eigenvalue weighted by molar-refractivity contribution is -0.135. The summed E-state index contributed by atoms with van der Waals surface area (Å²) in [5.74, 6) is 0.152. The lowest BCUT2D eigenvalue weighted by atomic mass is 9.97. The minimum absolute atomic E-state index is 0.0438. The van der Waals surface area contributed by atoms with Crippen LogP contribution < -0.4 is 0 Å². The zero-order chi connectivity index (χ0) is 13.8. The molecule has 1 unspecified atom stereocenters. The van der Waals surface area contributed by atoms with Crippen LogP contribution in [0.5, 0.6) is 0 Å². The molecule has 0 aliphatic heterocycles. The summed E-state index contributed by atoms with van der Waals surface area (Å²) < 4.78 is 0. The predicted molar refractivity (Wildman–Crippen MR) is 70.3 cm³/mol. The monoisotopic (exact) mass is 249 g/mol. The molecule has 0 saturated carbocycles. The van der Waals surface area contributed by atoms with Crippen molar-refractivity contribution in [1.29, 1.82) is 10.5 Å². The molecule has 0 aliphatic carbocycles. The number of unbranched alkanes of at least 4 members (excludes halogenated alkanes) is 1. The van der Waals surface area contributed by atoms with Crippen molar-refractivity contribution >= 4 is 5.91 Å². The fourth-order valence-electron chi connectivity index (χ4n) is 1.91. The maximum Gasteiger partial charge on any atom is 0.225 e. The molecular weight excluding hydrogens is 226 g/mol. The Morgan fingerprint density at radius 2 is 1.72 bits per heavy atom. The molecular formula is C14H23N3O. The van der Waals surface area contributed by atoms with Crippen LogP contribution in [-0.4, -0.2) is 23.9 Å². The number of hydrogen-bond donors (Lipinski definition) is 0. The molecule has 0 aromatic rings. The summed E-state index contributed by atoms with van der Waals surface area (Å²) in [6.45, 7) is 5.02. The van der Waals surface area contributed by atoms with E-state index >= 15 is 0 Å². The lowest BCUT2D eigenvalue weighted by Gasteiger charge is -2.25. The zero-order valence-corrected chi connectivity index (χ0v) is 11.5. The summed E-state index contributed by atoms with van der Waals surface area (Å²) in [6.07, 6.45) is 4.54. The number of nitriles is 2. The van der Waals surface area contributed by atoms with E-state index in [1.165, 1.54) is 0 Å². The summed E-state index contributed by atoms with van der Waals surface area (Å²) in [7, 11) is 0. The van der Waals surface area contributed by atoms with Gasteiger partial charge in [-0.1, -0.05) is 26.7 Å². The van der Waals surface area contributed by atoms with E-state index in [2.05, 4.69) is 19.1 Å². The molecule has 1 amide bonds. The maximum absolute atomic E-state index is 12.3. The molecule has 0 radical (unpaired) electrons. The van der Waals surface area contributed by atoms with E-state index in [4.69, 9.17) is 10.5 Å². The summed E-state index contributed by atoms with van der Waals surface area (Å²) in [6, 6.07) is 4.11. The Hall–Kier alpha value is -1.55. The fourth-order valence-corrected chi connectivity index (χ4v) is 1.91. The second kappa shape index (κ2) is 10.6. The van der Waals surface area contributed by atoms with Gasteiger partial charge in [-0.25, -0.2) is 0 Å². The first-order chi connectivity index (χ1) is 8.71. The van der Waals surface area contributed by atoms with Crippen LogP contribution in [0.25, 0.3) is 0 Å². The highest BCUT2D eigenvalue weighted by molar-refractivity contribution is 5.78. The van der Waals surface area contributed by atoms with E-state index < -0.39 is 0 Å². The van der Waals surface area contributed by atoms with Gasteiger partial charge in [-0.3, -0.25) is 4.79 Å². The van der Waals surface area contributed by atoms with Crippen molar-refractivity contribution in [3.63, 3.8) is 0 Å². The molecule has 0 bridgehead atoms. The lowest BCUT2D eigenvalue weighted by Crippen LogP contribution is -2.37. The van der Waals surface area contributed by atoms with Gasteiger partial charge in [0.1, 0.15) is 0 Å². The maximum atomic E-state index is 12.3. The molecule has 0 N–H and O–H groups in total. The SMILES string of the molecule is CCCCC(CC)C(=O)N(CCC#N)CCC#N. The number of nitrogens with zero attached hydrogens (tertiary/aromatic N) is 3. The Morgan fingerprint density at radius 3 is 2.11 bits per heavy atom. The predicted octanol–water partition coefficient (Wildman–Crippen LogP) is 2.86. The van der Waals surface area contributed by atoms with E-state index in [1.54, 1.807) is 4.90 Å². The molecule has 100 valence electrons. The van der Waals surface area contributed by atoms with Crippen molar-refractivity contribution in [3.8, 4) is 12.1 Å². The van der Waals surface area contributed by atoms with Gasteiger partial charge >= 0.3 is 0 Å². The molecule has 0 saturated heterocycles. The Labute approximate surface area is 110 Å². The fraction of sp³-hybridized carbons (Fsp3) is 0.786. The standard InChI is InChI=1S/C14H23N3O/c1-3-5-8-13(4-2)14(18)17(11-6-9-15)12-7-10-16/h13H,3-8,11-12H2,1-2H3. The van der Waals surface area contributed by atoms with Crippen LogP contribution in [-0.2, 0) is 4.79 Å². The molecule has 0 aromatic heterocycles. The van der Waals surface area contributed by atoms with Gasteiger partial charge in [0.25, 0.3) is 0 Å². The van der Waals surface area contributed by atoms with Crippen molar-refractivity contribution < 1.29 is 4.79 Å². The van der Waals surface area contributed by atoms with E-state index in [0.717, 1.165) is 25.7 Å². The first-order valence-electron chi connectivity index (χ1n) is 6.73. The number of carbonyl (C=O) groups is 1. The first-order valence-corrected chi connectivity index (χ1v) is 6.73. The van der Waals surface area contributed by atoms with Crippen LogP contribution in [0, 0.1) is 28.6 Å². The van der Waals surface area contributed by atoms with E-state index in [9.17, 15) is 4.79 Å². The number of carbonyl (C=O) groups excluding carboxylic acids is 1. The van der Waals surface area contributed by atoms with Gasteiger partial charge < -0.3 is 4.90 Å². The Kier molecular flexibility index (Phi) is 9.68. The van der Waals surface area contributed by atoms with E-state index in [0.29, 0.717) is 25.9 Å². The summed E-state index contributed by atoms with van der Waals surface area (Å²) in [5, 5.41) is 17.2. The van der Waals surface area contributed by atoms with Crippen molar-refractivity contribution in [3.05, 3.63) is 0 Å². The van der Waals surface area contributed by atoms with Crippen LogP contribution >= 0.6 is 0 Å². The quantitative estimate of drug-likeness (QED) is 0.631. The highest BCUT2D eigenvalue weighted by Gasteiger charge is 2.21. The van der Waals surface area contributed by atoms with Crippen molar-refractivity contribution in [2.24, 2.45) is 5.92 Å². The highest BCUT2D eigenvalue weighted by Crippen LogP contribution is 2.16. The van der Waals surface area contributed by atoms with Crippen molar-refractivity contribution in [1.82, 2.24) is 4.90 Å². The average molecular weight is 249 g/mol. The van der Waals surface area contributed by atoms with Gasteiger partial charge in [0.05, 0.1) is 25.0 Å². The molecule has 0 rings (SSSR count). The normalized spacial score (nSPS) is 11.3. The summed E-state index contributed by atoms with van der Waals surface area (Å²) >= 11 is 0. The molecule has 0 aliphatic rings. The molecule has 0 fully saturated rings. The average Bonchev–Trinajstić information content (AvgIpc) is 2.39. The van der Waals surface area contributed by atoms with E-state index in [-0.39, 0.29) is 11.8 Å². The molecule has 0 aromatic carbocycles.